The van der Waals surface area contributed by atoms with Crippen LogP contribution >= 0.6 is 0 Å². The average molecular weight is 405 g/mol. The normalized spacial score (nSPS) is 20.3. The number of nitrogens with zero attached hydrogens (tertiary/aromatic N) is 6. The summed E-state index contributed by atoms with van der Waals surface area (Å²) >= 11 is 0. The van der Waals surface area contributed by atoms with Crippen molar-refractivity contribution in [1.29, 1.82) is 5.26 Å². The van der Waals surface area contributed by atoms with Crippen molar-refractivity contribution in [2.45, 2.75) is 32.0 Å². The van der Waals surface area contributed by atoms with Gasteiger partial charge < -0.3 is 10.5 Å². The van der Waals surface area contributed by atoms with E-state index in [1.807, 2.05) is 13.0 Å². The maximum Gasteiger partial charge on any atom is 0.258 e. The molecule has 0 amide bonds. The molecule has 9 heteroatoms. The van der Waals surface area contributed by atoms with Crippen molar-refractivity contribution in [3.05, 3.63) is 52.7 Å². The average Bonchev–Trinajstić information content (AvgIpc) is 3.02. The standard InChI is InChI=1S/C21H20FN7O/c1-11-14-7-12(22)3-4-13(14)17-5-6-29(17)10-16-19(18(8-23)28(2)27-16)15-9-25-20(24)21(26-15)30-11/h3-4,7,9,11,17H,5-6,10H2,1-2H3,(H2,24,25). The van der Waals surface area contributed by atoms with E-state index in [0.717, 1.165) is 29.8 Å². The largest absolute Gasteiger partial charge is 0.467 e. The summed E-state index contributed by atoms with van der Waals surface area (Å²) in [6.07, 6.45) is 2.00. The first-order valence-electron chi connectivity index (χ1n) is 9.75. The van der Waals surface area contributed by atoms with Gasteiger partial charge in [-0.1, -0.05) is 6.07 Å². The van der Waals surface area contributed by atoms with Gasteiger partial charge in [-0.05, 0) is 36.6 Å². The summed E-state index contributed by atoms with van der Waals surface area (Å²) in [5.41, 5.74) is 10.0. The van der Waals surface area contributed by atoms with Gasteiger partial charge in [0.25, 0.3) is 5.88 Å². The second-order valence-electron chi connectivity index (χ2n) is 7.66. The van der Waals surface area contributed by atoms with Crippen molar-refractivity contribution in [3.8, 4) is 23.2 Å². The lowest BCUT2D eigenvalue weighted by atomic mass is 9.88. The van der Waals surface area contributed by atoms with Gasteiger partial charge >= 0.3 is 0 Å². The van der Waals surface area contributed by atoms with Gasteiger partial charge in [0.1, 0.15) is 23.7 Å². The summed E-state index contributed by atoms with van der Waals surface area (Å²) in [5, 5.41) is 14.3. The van der Waals surface area contributed by atoms with Crippen LogP contribution in [0.3, 0.4) is 0 Å². The van der Waals surface area contributed by atoms with E-state index in [1.54, 1.807) is 11.7 Å². The van der Waals surface area contributed by atoms with Crippen molar-refractivity contribution in [1.82, 2.24) is 24.6 Å². The van der Waals surface area contributed by atoms with Crippen LogP contribution in [0.2, 0.25) is 0 Å². The molecule has 2 aliphatic rings. The highest BCUT2D eigenvalue weighted by atomic mass is 19.1. The third-order valence-electron chi connectivity index (χ3n) is 5.87. The second kappa shape index (κ2) is 6.78. The lowest BCUT2D eigenvalue weighted by molar-refractivity contribution is 0.0774. The molecule has 152 valence electrons. The molecule has 2 aliphatic heterocycles. The fourth-order valence-corrected chi connectivity index (χ4v) is 4.28. The molecule has 0 spiro atoms. The number of fused-ring (bicyclic) bond motifs is 7. The lowest BCUT2D eigenvalue weighted by Crippen LogP contribution is -2.41. The molecule has 30 heavy (non-hydrogen) atoms. The highest BCUT2D eigenvalue weighted by Gasteiger charge is 2.35. The maximum absolute atomic E-state index is 14.1. The van der Waals surface area contributed by atoms with Gasteiger partial charge in [-0.2, -0.15) is 10.4 Å². The number of halogens is 1. The number of hydrogen-bond acceptors (Lipinski definition) is 7. The van der Waals surface area contributed by atoms with Crippen LogP contribution in [0, 0.1) is 17.1 Å². The lowest BCUT2D eigenvalue weighted by Gasteiger charge is -2.42. The SMILES string of the molecule is CC1Oc2nc(cnc2N)-c2c(nn(C)c2C#N)CN2CCC2c2ccc(F)cc21. The van der Waals surface area contributed by atoms with Crippen LogP contribution in [0.1, 0.15) is 48.0 Å². The Morgan fingerprint density at radius 2 is 2.17 bits per heavy atom. The van der Waals surface area contributed by atoms with Gasteiger partial charge in [-0.15, -0.1) is 0 Å². The summed E-state index contributed by atoms with van der Waals surface area (Å²) in [7, 11) is 1.74. The van der Waals surface area contributed by atoms with E-state index < -0.39 is 6.10 Å². The Balaban J connectivity index is 1.73. The van der Waals surface area contributed by atoms with E-state index >= 15 is 0 Å². The number of ether oxygens (including phenoxy) is 1. The number of nitrogen functional groups attached to an aromatic ring is 1. The van der Waals surface area contributed by atoms with Crippen LogP contribution in [0.15, 0.2) is 24.4 Å². The zero-order valence-electron chi connectivity index (χ0n) is 16.6. The summed E-state index contributed by atoms with van der Waals surface area (Å²) in [5.74, 6) is -0.0320. The Hall–Kier alpha value is -3.51. The van der Waals surface area contributed by atoms with Gasteiger partial charge in [-0.25, -0.2) is 14.4 Å². The third-order valence-corrected chi connectivity index (χ3v) is 5.87. The molecular weight excluding hydrogens is 385 g/mol. The Morgan fingerprint density at radius 3 is 2.90 bits per heavy atom. The van der Waals surface area contributed by atoms with Crippen LogP contribution in [-0.2, 0) is 13.6 Å². The van der Waals surface area contributed by atoms with E-state index in [9.17, 15) is 9.65 Å². The first kappa shape index (κ1) is 18.5. The molecule has 2 unspecified atom stereocenters. The van der Waals surface area contributed by atoms with Gasteiger partial charge in [0, 0.05) is 26.2 Å². The molecule has 2 N–H and O–H groups in total. The topological polar surface area (TPSA) is 106 Å². The first-order chi connectivity index (χ1) is 14.5. The fourth-order valence-electron chi connectivity index (χ4n) is 4.28. The summed E-state index contributed by atoms with van der Waals surface area (Å²) in [6.45, 7) is 3.27. The highest BCUT2D eigenvalue weighted by Crippen LogP contribution is 2.41. The van der Waals surface area contributed by atoms with Gasteiger partial charge in [0.05, 0.1) is 23.1 Å². The molecule has 2 bridgehead atoms. The van der Waals surface area contributed by atoms with Gasteiger partial charge in [0.15, 0.2) is 5.82 Å². The smallest absolute Gasteiger partial charge is 0.258 e. The van der Waals surface area contributed by atoms with Crippen LogP contribution in [-0.4, -0.2) is 31.2 Å². The Morgan fingerprint density at radius 1 is 1.33 bits per heavy atom. The predicted octanol–water partition coefficient (Wildman–Crippen LogP) is 2.87. The predicted molar refractivity (Wildman–Crippen MR) is 107 cm³/mol. The van der Waals surface area contributed by atoms with Crippen molar-refractivity contribution in [2.75, 3.05) is 12.3 Å². The molecule has 0 radical (unpaired) electrons. The van der Waals surface area contributed by atoms with E-state index in [1.165, 1.54) is 18.3 Å². The Labute approximate surface area is 172 Å². The number of benzene rings is 1. The van der Waals surface area contributed by atoms with Crippen LogP contribution < -0.4 is 10.5 Å². The molecule has 0 saturated carbocycles. The highest BCUT2D eigenvalue weighted by molar-refractivity contribution is 5.69. The minimum Gasteiger partial charge on any atom is -0.467 e. The number of aryl methyl sites for hydroxylation is 1. The molecule has 1 aromatic carbocycles. The van der Waals surface area contributed by atoms with Crippen molar-refractivity contribution < 1.29 is 9.13 Å². The van der Waals surface area contributed by atoms with Crippen molar-refractivity contribution in [2.24, 2.45) is 7.05 Å². The minimum absolute atomic E-state index is 0.119. The minimum atomic E-state index is -0.478. The number of nitriles is 1. The molecule has 8 nitrogen and oxygen atoms in total. The van der Waals surface area contributed by atoms with Crippen LogP contribution in [0.5, 0.6) is 5.88 Å². The number of rotatable bonds is 0. The molecule has 5 rings (SSSR count). The Kier molecular flexibility index (Phi) is 4.18. The van der Waals surface area contributed by atoms with Crippen LogP contribution in [0.25, 0.3) is 11.3 Å². The number of anilines is 1. The molecule has 3 aromatic rings. The zero-order valence-corrected chi connectivity index (χ0v) is 16.6. The van der Waals surface area contributed by atoms with Crippen LogP contribution in [0.4, 0.5) is 10.2 Å². The fraction of sp³-hybridized carbons (Fsp3) is 0.333. The molecular formula is C21H20FN7O. The Bertz CT molecular complexity index is 1200. The molecule has 0 aliphatic carbocycles. The number of aromatic nitrogens is 4. The summed E-state index contributed by atoms with van der Waals surface area (Å²) in [6, 6.07) is 7.14. The molecule has 1 saturated heterocycles. The maximum atomic E-state index is 14.1. The third kappa shape index (κ3) is 2.80. The van der Waals surface area contributed by atoms with E-state index in [0.29, 0.717) is 23.5 Å². The van der Waals surface area contributed by atoms with Crippen molar-refractivity contribution in [3.63, 3.8) is 0 Å². The quantitative estimate of drug-likeness (QED) is 0.613. The molecule has 2 atom stereocenters. The van der Waals surface area contributed by atoms with E-state index in [-0.39, 0.29) is 23.6 Å². The summed E-state index contributed by atoms with van der Waals surface area (Å²) in [4.78, 5) is 11.0. The van der Waals surface area contributed by atoms with E-state index in [4.69, 9.17) is 10.5 Å². The number of nitrogens with two attached hydrogens (primary N) is 1. The number of hydrogen-bond donors (Lipinski definition) is 1. The molecule has 1 fully saturated rings. The second-order valence-corrected chi connectivity index (χ2v) is 7.66. The van der Waals surface area contributed by atoms with Gasteiger partial charge in [-0.3, -0.25) is 9.58 Å². The monoisotopic (exact) mass is 405 g/mol. The van der Waals surface area contributed by atoms with E-state index in [2.05, 4.69) is 26.0 Å². The van der Waals surface area contributed by atoms with Crippen molar-refractivity contribution >= 4 is 5.82 Å². The molecule has 4 heterocycles. The first-order valence-corrected chi connectivity index (χ1v) is 9.75. The summed E-state index contributed by atoms with van der Waals surface area (Å²) < 4.78 is 21.7. The zero-order chi connectivity index (χ0) is 21.0. The van der Waals surface area contributed by atoms with Gasteiger partial charge in [0.2, 0.25) is 0 Å². The molecule has 2 aromatic heterocycles.